The molecule has 0 aromatic carbocycles. The first-order valence-electron chi connectivity index (χ1n) is 8.56. The van der Waals surface area contributed by atoms with Crippen LogP contribution in [0.1, 0.15) is 25.7 Å². The molecule has 1 aliphatic rings. The van der Waals surface area contributed by atoms with Crippen LogP contribution in [0.4, 0.5) is 0 Å². The summed E-state index contributed by atoms with van der Waals surface area (Å²) in [7, 11) is 0.0811. The molecule has 1 aliphatic carbocycles. The molecule has 0 radical (unpaired) electrons. The molecule has 0 bridgehead atoms. The van der Waals surface area contributed by atoms with Gasteiger partial charge in [-0.15, -0.1) is 24.0 Å². The Balaban J connectivity index is 0.00000576. The highest BCUT2D eigenvalue weighted by molar-refractivity contribution is 14.0. The maximum Gasteiger partial charge on any atom is 0.213 e. The van der Waals surface area contributed by atoms with Gasteiger partial charge < -0.3 is 20.1 Å². The summed E-state index contributed by atoms with van der Waals surface area (Å²) in [5.41, 5.74) is 0. The van der Waals surface area contributed by atoms with E-state index in [1.54, 1.807) is 14.2 Å². The highest BCUT2D eigenvalue weighted by Gasteiger charge is 2.19. The highest BCUT2D eigenvalue weighted by atomic mass is 127. The Bertz CT molecular complexity index is 458. The van der Waals surface area contributed by atoms with Crippen LogP contribution in [0.3, 0.4) is 0 Å². The van der Waals surface area contributed by atoms with E-state index in [2.05, 4.69) is 20.3 Å². The number of ether oxygens (including phenoxy) is 2. The van der Waals surface area contributed by atoms with Gasteiger partial charge >= 0.3 is 0 Å². The summed E-state index contributed by atoms with van der Waals surface area (Å²) in [6.45, 7) is 3.43. The lowest BCUT2D eigenvalue weighted by Gasteiger charge is -2.25. The fraction of sp³-hybridized carbons (Fsp3) is 0.933. The van der Waals surface area contributed by atoms with Crippen molar-refractivity contribution >= 4 is 40.0 Å². The van der Waals surface area contributed by atoms with E-state index in [1.165, 1.54) is 6.42 Å². The van der Waals surface area contributed by atoms with Gasteiger partial charge in [0.15, 0.2) is 5.96 Å². The lowest BCUT2D eigenvalue weighted by molar-refractivity contribution is 0.0698. The molecule has 25 heavy (non-hydrogen) atoms. The zero-order valence-corrected chi connectivity index (χ0v) is 18.4. The number of rotatable bonds is 13. The number of nitrogens with zero attached hydrogens (tertiary/aromatic N) is 1. The van der Waals surface area contributed by atoms with Crippen LogP contribution in [0.25, 0.3) is 0 Å². The molecule has 3 N–H and O–H groups in total. The fourth-order valence-corrected chi connectivity index (χ4v) is 3.17. The van der Waals surface area contributed by atoms with Gasteiger partial charge in [0.1, 0.15) is 0 Å². The number of halogens is 1. The van der Waals surface area contributed by atoms with Crippen molar-refractivity contribution < 1.29 is 17.9 Å². The Morgan fingerprint density at radius 2 is 1.88 bits per heavy atom. The van der Waals surface area contributed by atoms with Gasteiger partial charge in [-0.3, -0.25) is 4.99 Å². The molecule has 1 fully saturated rings. The van der Waals surface area contributed by atoms with Crippen LogP contribution in [0.5, 0.6) is 0 Å². The van der Waals surface area contributed by atoms with E-state index < -0.39 is 10.0 Å². The first-order chi connectivity index (χ1) is 11.6. The predicted octanol–water partition coefficient (Wildman–Crippen LogP) is 0.542. The van der Waals surface area contributed by atoms with Crippen molar-refractivity contribution in [2.24, 2.45) is 10.9 Å². The van der Waals surface area contributed by atoms with Crippen LogP contribution in [0, 0.1) is 5.92 Å². The normalized spacial score (nSPS) is 15.4. The van der Waals surface area contributed by atoms with Crippen LogP contribution in [-0.4, -0.2) is 73.7 Å². The lowest BCUT2D eigenvalue weighted by atomic mass is 9.86. The van der Waals surface area contributed by atoms with Crippen molar-refractivity contribution in [2.75, 3.05) is 59.4 Å². The second kappa shape index (κ2) is 14.9. The van der Waals surface area contributed by atoms with E-state index in [4.69, 9.17) is 9.47 Å². The Morgan fingerprint density at radius 1 is 1.16 bits per heavy atom. The van der Waals surface area contributed by atoms with E-state index in [0.717, 1.165) is 19.3 Å². The van der Waals surface area contributed by atoms with Crippen molar-refractivity contribution in [3.63, 3.8) is 0 Å². The molecule has 150 valence electrons. The largest absolute Gasteiger partial charge is 0.382 e. The standard InChI is InChI=1S/C15H32N4O4S.HI/c1-16-15(17-7-4-9-23-11-10-22-2)18-8-12-24(20,21)19-13-14-5-3-6-14;/h14,19H,3-13H2,1-2H3,(H2,16,17,18);1H. The lowest BCUT2D eigenvalue weighted by Crippen LogP contribution is -2.42. The third-order valence-electron chi connectivity index (χ3n) is 3.89. The smallest absolute Gasteiger partial charge is 0.213 e. The van der Waals surface area contributed by atoms with Crippen LogP contribution in [0.2, 0.25) is 0 Å². The van der Waals surface area contributed by atoms with Gasteiger partial charge in [0.05, 0.1) is 19.0 Å². The number of methoxy groups -OCH3 is 1. The van der Waals surface area contributed by atoms with E-state index in [1.807, 2.05) is 0 Å². The number of nitrogens with one attached hydrogen (secondary N) is 3. The molecular weight excluding hydrogens is 459 g/mol. The van der Waals surface area contributed by atoms with Crippen LogP contribution in [0.15, 0.2) is 4.99 Å². The SMILES string of the molecule is CN=C(NCCCOCCOC)NCCS(=O)(=O)NCC1CCC1.I. The molecule has 0 aromatic heterocycles. The van der Waals surface area contributed by atoms with Gasteiger partial charge in [-0.05, 0) is 25.2 Å². The Hall–Kier alpha value is -0.170. The summed E-state index contributed by atoms with van der Waals surface area (Å²) in [6.07, 6.45) is 4.32. The first-order valence-corrected chi connectivity index (χ1v) is 10.2. The summed E-state index contributed by atoms with van der Waals surface area (Å²) >= 11 is 0. The van der Waals surface area contributed by atoms with Crippen LogP contribution in [-0.2, 0) is 19.5 Å². The average Bonchev–Trinajstić information content (AvgIpc) is 2.50. The number of guanidine groups is 1. The van der Waals surface area contributed by atoms with E-state index >= 15 is 0 Å². The highest BCUT2D eigenvalue weighted by Crippen LogP contribution is 2.25. The van der Waals surface area contributed by atoms with Crippen molar-refractivity contribution in [1.82, 2.24) is 15.4 Å². The summed E-state index contributed by atoms with van der Waals surface area (Å²) in [5.74, 6) is 1.16. The van der Waals surface area contributed by atoms with Gasteiger partial charge in [0.25, 0.3) is 0 Å². The maximum absolute atomic E-state index is 11.9. The monoisotopic (exact) mass is 492 g/mol. The van der Waals surface area contributed by atoms with E-state index in [-0.39, 0.29) is 29.7 Å². The number of hydrogen-bond acceptors (Lipinski definition) is 5. The van der Waals surface area contributed by atoms with Crippen molar-refractivity contribution in [1.29, 1.82) is 0 Å². The quantitative estimate of drug-likeness (QED) is 0.150. The molecule has 0 aromatic rings. The van der Waals surface area contributed by atoms with E-state index in [9.17, 15) is 8.42 Å². The Labute approximate surface area is 169 Å². The molecule has 0 unspecified atom stereocenters. The number of hydrogen-bond donors (Lipinski definition) is 3. The minimum absolute atomic E-state index is 0. The van der Waals surface area contributed by atoms with Crippen molar-refractivity contribution in [3.05, 3.63) is 0 Å². The van der Waals surface area contributed by atoms with Gasteiger partial charge in [-0.2, -0.15) is 0 Å². The van der Waals surface area contributed by atoms with Crippen molar-refractivity contribution in [3.8, 4) is 0 Å². The van der Waals surface area contributed by atoms with Gasteiger partial charge in [-0.1, -0.05) is 6.42 Å². The second-order valence-corrected chi connectivity index (χ2v) is 7.78. The molecule has 0 saturated heterocycles. The number of aliphatic imine (C=N–C) groups is 1. The van der Waals surface area contributed by atoms with Gasteiger partial charge in [0, 0.05) is 40.4 Å². The third kappa shape index (κ3) is 12.8. The summed E-state index contributed by atoms with van der Waals surface area (Å²) < 4.78 is 36.7. The van der Waals surface area contributed by atoms with Crippen molar-refractivity contribution in [2.45, 2.75) is 25.7 Å². The molecule has 0 heterocycles. The molecule has 1 saturated carbocycles. The topological polar surface area (TPSA) is 101 Å². The predicted molar refractivity (Wildman–Crippen MR) is 111 cm³/mol. The van der Waals surface area contributed by atoms with Gasteiger partial charge in [-0.25, -0.2) is 13.1 Å². The van der Waals surface area contributed by atoms with Gasteiger partial charge in [0.2, 0.25) is 10.0 Å². The van der Waals surface area contributed by atoms with E-state index in [0.29, 0.717) is 51.3 Å². The summed E-state index contributed by atoms with van der Waals surface area (Å²) in [5, 5.41) is 6.14. The Morgan fingerprint density at radius 3 is 2.48 bits per heavy atom. The van der Waals surface area contributed by atoms with Crippen LogP contribution >= 0.6 is 24.0 Å². The fourth-order valence-electron chi connectivity index (χ4n) is 2.16. The number of sulfonamides is 1. The molecule has 8 nitrogen and oxygen atoms in total. The zero-order valence-electron chi connectivity index (χ0n) is 15.3. The molecular formula is C15H33IN4O4S. The molecule has 0 aliphatic heterocycles. The molecule has 0 atom stereocenters. The second-order valence-electron chi connectivity index (χ2n) is 5.85. The first kappa shape index (κ1) is 24.8. The molecule has 1 rings (SSSR count). The molecule has 0 amide bonds. The third-order valence-corrected chi connectivity index (χ3v) is 5.24. The molecule has 10 heteroatoms. The summed E-state index contributed by atoms with van der Waals surface area (Å²) in [4.78, 5) is 4.07. The maximum atomic E-state index is 11.9. The zero-order chi connectivity index (χ0) is 17.7. The Kier molecular flexibility index (Phi) is 14.8. The minimum atomic E-state index is -3.22. The minimum Gasteiger partial charge on any atom is -0.382 e. The summed E-state index contributed by atoms with van der Waals surface area (Å²) in [6, 6.07) is 0. The average molecular weight is 492 g/mol. The van der Waals surface area contributed by atoms with Crippen LogP contribution < -0.4 is 15.4 Å². The molecule has 0 spiro atoms.